The molecule has 2 aliphatic heterocycles. The number of carbonyl (C=O) groups excluding carboxylic acids is 1. The molecule has 1 aromatic carbocycles. The molecule has 1 saturated carbocycles. The number of nitrogens with zero attached hydrogens (tertiary/aromatic N) is 3. The van der Waals surface area contributed by atoms with Gasteiger partial charge in [-0.05, 0) is 61.5 Å². The van der Waals surface area contributed by atoms with E-state index in [0.717, 1.165) is 47.2 Å². The van der Waals surface area contributed by atoms with E-state index in [1.807, 2.05) is 37.3 Å². The number of hydrogen-bond donors (Lipinski definition) is 2. The van der Waals surface area contributed by atoms with Gasteiger partial charge in [0, 0.05) is 12.7 Å². The van der Waals surface area contributed by atoms with Crippen LogP contribution in [0.2, 0.25) is 0 Å². The molecule has 2 heterocycles. The predicted octanol–water partition coefficient (Wildman–Crippen LogP) is 3.78. The van der Waals surface area contributed by atoms with Gasteiger partial charge in [-0.1, -0.05) is 48.9 Å². The van der Waals surface area contributed by atoms with E-state index in [1.54, 1.807) is 18.3 Å². The summed E-state index contributed by atoms with van der Waals surface area (Å²) in [5, 5.41) is 16.4. The highest BCUT2D eigenvalue weighted by atomic mass is 16.2. The summed E-state index contributed by atoms with van der Waals surface area (Å²) >= 11 is 0. The molecule has 1 unspecified atom stereocenters. The zero-order valence-corrected chi connectivity index (χ0v) is 20.4. The Morgan fingerprint density at radius 2 is 2.00 bits per heavy atom. The van der Waals surface area contributed by atoms with Crippen molar-refractivity contribution in [3.63, 3.8) is 0 Å². The van der Waals surface area contributed by atoms with Gasteiger partial charge < -0.3 is 15.5 Å². The van der Waals surface area contributed by atoms with E-state index >= 15 is 0 Å². The monoisotopic (exact) mass is 463 g/mol. The molecule has 6 heteroatoms. The molecule has 4 aliphatic rings. The molecule has 0 aromatic heterocycles. The van der Waals surface area contributed by atoms with Crippen molar-refractivity contribution in [2.75, 3.05) is 7.05 Å². The van der Waals surface area contributed by atoms with Crippen LogP contribution < -0.4 is 10.6 Å². The fourth-order valence-corrected chi connectivity index (χ4v) is 5.27. The van der Waals surface area contributed by atoms with Crippen molar-refractivity contribution in [1.29, 1.82) is 5.26 Å². The first kappa shape index (κ1) is 22.7. The maximum atomic E-state index is 13.6. The Bertz CT molecular complexity index is 1320. The summed E-state index contributed by atoms with van der Waals surface area (Å²) in [7, 11) is 1.76. The van der Waals surface area contributed by atoms with Gasteiger partial charge in [0.25, 0.3) is 0 Å². The predicted molar refractivity (Wildman–Crippen MR) is 137 cm³/mol. The number of hydrogen-bond acceptors (Lipinski definition) is 5. The van der Waals surface area contributed by atoms with Gasteiger partial charge in [-0.3, -0.25) is 9.79 Å². The van der Waals surface area contributed by atoms with E-state index in [4.69, 9.17) is 0 Å². The van der Waals surface area contributed by atoms with Gasteiger partial charge in [0.1, 0.15) is 11.9 Å². The van der Waals surface area contributed by atoms with Gasteiger partial charge in [0.05, 0.1) is 29.3 Å². The highest BCUT2D eigenvalue weighted by Crippen LogP contribution is 2.48. The maximum absolute atomic E-state index is 13.6. The fourth-order valence-electron chi connectivity index (χ4n) is 5.27. The van der Waals surface area contributed by atoms with Gasteiger partial charge in [-0.25, -0.2) is 0 Å². The van der Waals surface area contributed by atoms with Crippen molar-refractivity contribution in [3.05, 3.63) is 82.9 Å². The lowest BCUT2D eigenvalue weighted by Gasteiger charge is -2.47. The molecule has 1 aromatic rings. The third-order valence-corrected chi connectivity index (χ3v) is 7.65. The summed E-state index contributed by atoms with van der Waals surface area (Å²) in [6.07, 6.45) is 10.6. The van der Waals surface area contributed by atoms with E-state index in [2.05, 4.69) is 59.2 Å². The number of carbonyl (C=O) groups is 1. The van der Waals surface area contributed by atoms with Crippen molar-refractivity contribution < 1.29 is 4.79 Å². The van der Waals surface area contributed by atoms with Crippen LogP contribution in [-0.2, 0) is 10.2 Å². The summed E-state index contributed by atoms with van der Waals surface area (Å²) in [6.45, 7) is 8.00. The molecule has 0 spiro atoms. The number of likely N-dealkylation sites (N-methyl/N-ethyl adjacent to an activating group) is 1. The second-order valence-corrected chi connectivity index (χ2v) is 9.80. The molecule has 35 heavy (non-hydrogen) atoms. The lowest BCUT2D eigenvalue weighted by molar-refractivity contribution is -0.133. The van der Waals surface area contributed by atoms with Crippen LogP contribution in [0.25, 0.3) is 0 Å². The maximum Gasteiger partial charge on any atom is 0.238 e. The topological polar surface area (TPSA) is 80.5 Å². The highest BCUT2D eigenvalue weighted by molar-refractivity contribution is 5.89. The van der Waals surface area contributed by atoms with Crippen LogP contribution in [0.3, 0.4) is 0 Å². The van der Waals surface area contributed by atoms with Gasteiger partial charge in [-0.15, -0.1) is 5.92 Å². The van der Waals surface area contributed by atoms with Crippen molar-refractivity contribution in [1.82, 2.24) is 15.5 Å². The molecule has 2 fully saturated rings. The second-order valence-electron chi connectivity index (χ2n) is 9.80. The standard InChI is InChI=1S/C29H29N5O/c1-5-6-24-16-25(32-18-31-24)21-9-12-23(15-21)28(3)26(27(35)34(4)19(2)33-28)20-7-10-22(11-8-20)29(17-30)13-14-29/h7-11,15-16,18,24,26,33H,2,12-14H2,1,3-4H3,(H,31,32)/t24?,26-,28+/m0/s1. The first-order valence-corrected chi connectivity index (χ1v) is 11.9. The summed E-state index contributed by atoms with van der Waals surface area (Å²) in [4.78, 5) is 19.6. The van der Waals surface area contributed by atoms with Crippen LogP contribution in [0.15, 0.2) is 76.7 Å². The Morgan fingerprint density at radius 1 is 1.26 bits per heavy atom. The SMILES string of the molecule is C=C1N[C@](C)(C2=CC(C3=CC(C#CC)N=CN3)=CC2)[C@@H](c2ccc(C3(C#N)CC3)cc2)C(=O)N1C. The molecule has 0 bridgehead atoms. The van der Waals surface area contributed by atoms with Crippen LogP contribution in [0, 0.1) is 23.2 Å². The molecule has 5 rings (SSSR count). The van der Waals surface area contributed by atoms with Crippen molar-refractivity contribution in [3.8, 4) is 17.9 Å². The summed E-state index contributed by atoms with van der Waals surface area (Å²) < 4.78 is 0. The fraction of sp³-hybridized carbons (Fsp3) is 0.345. The van der Waals surface area contributed by atoms with E-state index < -0.39 is 11.5 Å². The van der Waals surface area contributed by atoms with E-state index in [0.29, 0.717) is 5.82 Å². The van der Waals surface area contributed by atoms with Crippen molar-refractivity contribution >= 4 is 12.2 Å². The molecular formula is C29H29N5O. The second kappa shape index (κ2) is 8.32. The first-order valence-electron chi connectivity index (χ1n) is 11.9. The van der Waals surface area contributed by atoms with E-state index in [-0.39, 0.29) is 17.4 Å². The number of benzene rings is 1. The average molecular weight is 464 g/mol. The number of amides is 1. The summed E-state index contributed by atoms with van der Waals surface area (Å²) in [5.41, 5.74) is 4.10. The third-order valence-electron chi connectivity index (χ3n) is 7.65. The minimum Gasteiger partial charge on any atom is -0.362 e. The number of allylic oxidation sites excluding steroid dienone is 2. The molecule has 6 nitrogen and oxygen atoms in total. The first-order chi connectivity index (χ1) is 16.8. The van der Waals surface area contributed by atoms with Gasteiger partial charge >= 0.3 is 0 Å². The summed E-state index contributed by atoms with van der Waals surface area (Å²) in [6, 6.07) is 10.3. The highest BCUT2D eigenvalue weighted by Gasteiger charge is 2.49. The lowest BCUT2D eigenvalue weighted by Crippen LogP contribution is -2.60. The average Bonchev–Trinajstić information content (AvgIpc) is 3.50. The van der Waals surface area contributed by atoms with Crippen LogP contribution in [0.5, 0.6) is 0 Å². The van der Waals surface area contributed by atoms with Gasteiger partial charge in [0.15, 0.2) is 0 Å². The zero-order valence-electron chi connectivity index (χ0n) is 20.4. The number of rotatable bonds is 4. The number of aliphatic imine (C=N–C) groups is 1. The molecular weight excluding hydrogens is 434 g/mol. The summed E-state index contributed by atoms with van der Waals surface area (Å²) in [5.74, 6) is 6.16. The van der Waals surface area contributed by atoms with Crippen LogP contribution in [0.4, 0.5) is 0 Å². The minimum atomic E-state index is -0.654. The molecule has 176 valence electrons. The lowest BCUT2D eigenvalue weighted by atomic mass is 9.72. The number of nitriles is 1. The Morgan fingerprint density at radius 3 is 2.66 bits per heavy atom. The smallest absolute Gasteiger partial charge is 0.238 e. The minimum absolute atomic E-state index is 0.000179. The molecule has 1 saturated heterocycles. The molecule has 2 N–H and O–H groups in total. The molecule has 1 amide bonds. The Kier molecular flexibility index (Phi) is 5.41. The van der Waals surface area contributed by atoms with E-state index in [1.165, 1.54) is 0 Å². The van der Waals surface area contributed by atoms with Crippen molar-refractivity contribution in [2.24, 2.45) is 4.99 Å². The molecule has 0 radical (unpaired) electrons. The number of nitrogens with one attached hydrogen (secondary N) is 2. The van der Waals surface area contributed by atoms with Gasteiger partial charge in [-0.2, -0.15) is 5.26 Å². The third kappa shape index (κ3) is 3.76. The van der Waals surface area contributed by atoms with E-state index in [9.17, 15) is 10.1 Å². The normalized spacial score (nSPS) is 28.5. The van der Waals surface area contributed by atoms with Crippen LogP contribution >= 0.6 is 0 Å². The quantitative estimate of drug-likeness (QED) is 0.666. The van der Waals surface area contributed by atoms with Crippen LogP contribution in [0.1, 0.15) is 50.2 Å². The van der Waals surface area contributed by atoms with Crippen LogP contribution in [-0.4, -0.2) is 35.8 Å². The Labute approximate surface area is 206 Å². The Hall–Kier alpha value is -4.03. The zero-order chi connectivity index (χ0) is 24.8. The van der Waals surface area contributed by atoms with Gasteiger partial charge in [0.2, 0.25) is 5.91 Å². The molecule has 3 atom stereocenters. The van der Waals surface area contributed by atoms with Crippen molar-refractivity contribution in [2.45, 2.75) is 56.0 Å². The molecule has 2 aliphatic carbocycles. The Balaban J connectivity index is 1.49. The largest absolute Gasteiger partial charge is 0.362 e.